The lowest BCUT2D eigenvalue weighted by atomic mass is 9.95. The number of aryl methyl sites for hydroxylation is 1. The van der Waals surface area contributed by atoms with E-state index >= 15 is 0 Å². The van der Waals surface area contributed by atoms with Gasteiger partial charge < -0.3 is 10.6 Å². The van der Waals surface area contributed by atoms with Crippen molar-refractivity contribution in [3.8, 4) is 0 Å². The van der Waals surface area contributed by atoms with Crippen molar-refractivity contribution in [2.45, 2.75) is 27.7 Å². The molecule has 2 aromatic rings. The lowest BCUT2D eigenvalue weighted by Crippen LogP contribution is -2.28. The van der Waals surface area contributed by atoms with Crippen LogP contribution in [0.15, 0.2) is 48.5 Å². The number of para-hydroxylation sites is 1. The van der Waals surface area contributed by atoms with E-state index in [0.717, 1.165) is 11.3 Å². The second-order valence-corrected chi connectivity index (χ2v) is 6.57. The first-order valence-corrected chi connectivity index (χ1v) is 7.56. The molecule has 0 aliphatic rings. The van der Waals surface area contributed by atoms with Crippen LogP contribution in [-0.2, 0) is 4.79 Å². The van der Waals surface area contributed by atoms with Crippen LogP contribution in [0, 0.1) is 12.3 Å². The maximum Gasteiger partial charge on any atom is 0.257 e. The first kappa shape index (κ1) is 16.7. The molecule has 23 heavy (non-hydrogen) atoms. The van der Waals surface area contributed by atoms with Crippen LogP contribution in [-0.4, -0.2) is 11.8 Å². The number of carbonyl (C=O) groups excluding carboxylic acids is 2. The zero-order valence-electron chi connectivity index (χ0n) is 13.9. The molecule has 2 aromatic carbocycles. The summed E-state index contributed by atoms with van der Waals surface area (Å²) in [6, 6.07) is 14.6. The van der Waals surface area contributed by atoms with Crippen LogP contribution in [0.3, 0.4) is 0 Å². The molecule has 0 aliphatic heterocycles. The van der Waals surface area contributed by atoms with E-state index in [1.54, 1.807) is 24.3 Å². The summed E-state index contributed by atoms with van der Waals surface area (Å²) in [6.45, 7) is 7.48. The minimum atomic E-state index is -0.527. The molecule has 0 aliphatic carbocycles. The number of hydrogen-bond donors (Lipinski definition) is 2. The average molecular weight is 310 g/mol. The predicted octanol–water partition coefficient (Wildman–Crippen LogP) is 4.23. The largest absolute Gasteiger partial charge is 0.325 e. The number of rotatable bonds is 3. The molecule has 0 radical (unpaired) electrons. The maximum atomic E-state index is 12.5. The van der Waals surface area contributed by atoms with Crippen LogP contribution in [0.25, 0.3) is 0 Å². The molecule has 120 valence electrons. The lowest BCUT2D eigenvalue weighted by molar-refractivity contribution is -0.123. The quantitative estimate of drug-likeness (QED) is 0.891. The Labute approximate surface area is 136 Å². The molecule has 4 heteroatoms. The van der Waals surface area contributed by atoms with Crippen LogP contribution >= 0.6 is 0 Å². The Hall–Kier alpha value is -2.62. The Kier molecular flexibility index (Phi) is 4.84. The van der Waals surface area contributed by atoms with Gasteiger partial charge in [-0.3, -0.25) is 9.59 Å². The summed E-state index contributed by atoms with van der Waals surface area (Å²) in [6.07, 6.45) is 0. The van der Waals surface area contributed by atoms with Gasteiger partial charge in [0.1, 0.15) is 0 Å². The molecule has 2 amide bonds. The summed E-state index contributed by atoms with van der Waals surface area (Å²) in [5, 5.41) is 5.67. The van der Waals surface area contributed by atoms with Gasteiger partial charge in [-0.1, -0.05) is 50.6 Å². The SMILES string of the molecule is Cc1ccc(NC(=O)c2ccccc2NC(=O)C(C)(C)C)cc1. The first-order chi connectivity index (χ1) is 10.8. The molecular weight excluding hydrogens is 288 g/mol. The third kappa shape index (κ3) is 4.42. The van der Waals surface area contributed by atoms with Crippen molar-refractivity contribution in [1.29, 1.82) is 0 Å². The van der Waals surface area contributed by atoms with Crippen molar-refractivity contribution < 1.29 is 9.59 Å². The normalized spacial score (nSPS) is 11.0. The summed E-state index contributed by atoms with van der Waals surface area (Å²) in [5.41, 5.74) is 2.27. The fourth-order valence-corrected chi connectivity index (χ4v) is 1.94. The van der Waals surface area contributed by atoms with E-state index in [1.807, 2.05) is 52.0 Å². The molecule has 0 unspecified atom stereocenters. The van der Waals surface area contributed by atoms with Crippen molar-refractivity contribution in [2.24, 2.45) is 5.41 Å². The number of nitrogens with one attached hydrogen (secondary N) is 2. The molecule has 0 spiro atoms. The smallest absolute Gasteiger partial charge is 0.257 e. The van der Waals surface area contributed by atoms with Crippen LogP contribution in [0.4, 0.5) is 11.4 Å². The monoisotopic (exact) mass is 310 g/mol. The zero-order valence-corrected chi connectivity index (χ0v) is 13.9. The predicted molar refractivity (Wildman–Crippen MR) is 93.7 cm³/mol. The number of benzene rings is 2. The summed E-state index contributed by atoms with van der Waals surface area (Å²) in [5.74, 6) is -0.383. The summed E-state index contributed by atoms with van der Waals surface area (Å²) in [4.78, 5) is 24.7. The molecular formula is C19H22N2O2. The topological polar surface area (TPSA) is 58.2 Å². The third-order valence-corrected chi connectivity index (χ3v) is 3.41. The molecule has 0 heterocycles. The Morgan fingerprint density at radius 1 is 0.870 bits per heavy atom. The van der Waals surface area contributed by atoms with Crippen molar-refractivity contribution in [2.75, 3.05) is 10.6 Å². The lowest BCUT2D eigenvalue weighted by Gasteiger charge is -2.19. The minimum absolute atomic E-state index is 0.131. The van der Waals surface area contributed by atoms with Crippen molar-refractivity contribution in [1.82, 2.24) is 0 Å². The van der Waals surface area contributed by atoms with Gasteiger partial charge in [-0.15, -0.1) is 0 Å². The first-order valence-electron chi connectivity index (χ1n) is 7.56. The Bertz CT molecular complexity index is 713. The van der Waals surface area contributed by atoms with E-state index in [-0.39, 0.29) is 11.8 Å². The molecule has 0 saturated carbocycles. The second-order valence-electron chi connectivity index (χ2n) is 6.57. The standard InChI is InChI=1S/C19H22N2O2/c1-13-9-11-14(12-10-13)20-17(22)15-7-5-6-8-16(15)21-18(23)19(2,3)4/h5-12H,1-4H3,(H,20,22)(H,21,23). The molecule has 0 fully saturated rings. The van der Waals surface area contributed by atoms with Gasteiger partial charge in [0, 0.05) is 11.1 Å². The van der Waals surface area contributed by atoms with Gasteiger partial charge in [0.2, 0.25) is 5.91 Å². The molecule has 0 atom stereocenters. The second kappa shape index (κ2) is 6.65. The van der Waals surface area contributed by atoms with Gasteiger partial charge in [0.15, 0.2) is 0 Å². The Morgan fingerprint density at radius 2 is 1.48 bits per heavy atom. The van der Waals surface area contributed by atoms with Crippen molar-refractivity contribution >= 4 is 23.2 Å². The van der Waals surface area contributed by atoms with Crippen LogP contribution in [0.5, 0.6) is 0 Å². The summed E-state index contributed by atoms with van der Waals surface area (Å²) < 4.78 is 0. The number of amides is 2. The molecule has 4 nitrogen and oxygen atoms in total. The fraction of sp³-hybridized carbons (Fsp3) is 0.263. The van der Waals surface area contributed by atoms with E-state index in [9.17, 15) is 9.59 Å². The third-order valence-electron chi connectivity index (χ3n) is 3.41. The van der Waals surface area contributed by atoms with Gasteiger partial charge in [0.25, 0.3) is 5.91 Å². The summed E-state index contributed by atoms with van der Waals surface area (Å²) in [7, 11) is 0. The molecule has 0 aromatic heterocycles. The highest BCUT2D eigenvalue weighted by molar-refractivity contribution is 6.10. The number of hydrogen-bond acceptors (Lipinski definition) is 2. The van der Waals surface area contributed by atoms with E-state index in [1.165, 1.54) is 0 Å². The summed E-state index contributed by atoms with van der Waals surface area (Å²) >= 11 is 0. The van der Waals surface area contributed by atoms with Gasteiger partial charge in [-0.25, -0.2) is 0 Å². The number of carbonyl (C=O) groups is 2. The highest BCUT2D eigenvalue weighted by Gasteiger charge is 2.23. The van der Waals surface area contributed by atoms with E-state index in [0.29, 0.717) is 11.3 Å². The highest BCUT2D eigenvalue weighted by atomic mass is 16.2. The molecule has 2 rings (SSSR count). The van der Waals surface area contributed by atoms with E-state index < -0.39 is 5.41 Å². The van der Waals surface area contributed by atoms with Crippen LogP contribution in [0.2, 0.25) is 0 Å². The molecule has 0 bridgehead atoms. The fourth-order valence-electron chi connectivity index (χ4n) is 1.94. The maximum absolute atomic E-state index is 12.5. The Balaban J connectivity index is 2.20. The van der Waals surface area contributed by atoms with Gasteiger partial charge in [-0.2, -0.15) is 0 Å². The van der Waals surface area contributed by atoms with Crippen molar-refractivity contribution in [3.05, 3.63) is 59.7 Å². The van der Waals surface area contributed by atoms with Crippen LogP contribution in [0.1, 0.15) is 36.7 Å². The number of anilines is 2. The molecule has 0 saturated heterocycles. The van der Waals surface area contributed by atoms with Crippen LogP contribution < -0.4 is 10.6 Å². The Morgan fingerprint density at radius 3 is 2.09 bits per heavy atom. The minimum Gasteiger partial charge on any atom is -0.325 e. The van der Waals surface area contributed by atoms with Gasteiger partial charge >= 0.3 is 0 Å². The zero-order chi connectivity index (χ0) is 17.0. The average Bonchev–Trinajstić information content (AvgIpc) is 2.49. The highest BCUT2D eigenvalue weighted by Crippen LogP contribution is 2.21. The van der Waals surface area contributed by atoms with Gasteiger partial charge in [0.05, 0.1) is 11.3 Å². The molecule has 2 N–H and O–H groups in total. The van der Waals surface area contributed by atoms with Gasteiger partial charge in [-0.05, 0) is 31.2 Å². The van der Waals surface area contributed by atoms with E-state index in [4.69, 9.17) is 0 Å². The van der Waals surface area contributed by atoms with Crippen molar-refractivity contribution in [3.63, 3.8) is 0 Å². The van der Waals surface area contributed by atoms with E-state index in [2.05, 4.69) is 10.6 Å².